The summed E-state index contributed by atoms with van der Waals surface area (Å²) >= 11 is 6.29. The maximum atomic E-state index is 10.8. The lowest BCUT2D eigenvalue weighted by Crippen LogP contribution is -2.10. The molecule has 0 saturated heterocycles. The van der Waals surface area contributed by atoms with Crippen LogP contribution in [0.5, 0.6) is 11.5 Å². The molecule has 0 bridgehead atoms. The van der Waals surface area contributed by atoms with Crippen LogP contribution in [0.2, 0.25) is 5.02 Å². The first-order chi connectivity index (χ1) is 17.0. The number of furan rings is 1. The van der Waals surface area contributed by atoms with Gasteiger partial charge < -0.3 is 19.0 Å². The number of aliphatic imine (C=N–C) groups is 1. The number of methoxy groups -OCH3 is 1. The molecule has 0 saturated carbocycles. The fourth-order valence-corrected chi connectivity index (χ4v) is 3.78. The van der Waals surface area contributed by atoms with E-state index in [0.717, 1.165) is 11.1 Å². The van der Waals surface area contributed by atoms with Crippen molar-refractivity contribution in [3.8, 4) is 40.0 Å². The number of hydrogen-bond acceptors (Lipinski definition) is 6. The van der Waals surface area contributed by atoms with Crippen LogP contribution >= 0.6 is 11.6 Å². The van der Waals surface area contributed by atoms with Gasteiger partial charge in [-0.25, -0.2) is 9.79 Å². The van der Waals surface area contributed by atoms with Crippen LogP contribution in [0.4, 0.5) is 5.88 Å². The summed E-state index contributed by atoms with van der Waals surface area (Å²) in [6, 6.07) is 24.4. The summed E-state index contributed by atoms with van der Waals surface area (Å²) < 4.78 is 16.6. The molecule has 8 heteroatoms. The number of aliphatic carboxylic acids is 1. The Morgan fingerprint density at radius 1 is 1.11 bits per heavy atom. The van der Waals surface area contributed by atoms with Gasteiger partial charge >= 0.3 is 5.97 Å². The van der Waals surface area contributed by atoms with Crippen molar-refractivity contribution in [1.82, 2.24) is 0 Å². The maximum Gasteiger partial charge on any atom is 0.341 e. The highest BCUT2D eigenvalue weighted by molar-refractivity contribution is 6.32. The largest absolute Gasteiger partial charge is 0.493 e. The lowest BCUT2D eigenvalue weighted by atomic mass is 9.98. The monoisotopic (exact) mass is 486 g/mol. The Labute approximate surface area is 206 Å². The lowest BCUT2D eigenvalue weighted by Gasteiger charge is -2.11. The molecule has 0 aliphatic carbocycles. The van der Waals surface area contributed by atoms with Gasteiger partial charge in [-0.3, -0.25) is 0 Å². The number of halogens is 1. The fourth-order valence-electron chi connectivity index (χ4n) is 3.51. The van der Waals surface area contributed by atoms with Crippen molar-refractivity contribution in [3.63, 3.8) is 0 Å². The quantitative estimate of drug-likeness (QED) is 0.290. The molecule has 0 aliphatic rings. The van der Waals surface area contributed by atoms with Gasteiger partial charge in [0.2, 0.25) is 5.88 Å². The molecule has 4 rings (SSSR count). The zero-order valence-electron chi connectivity index (χ0n) is 18.6. The minimum atomic E-state index is -1.14. The molecule has 1 N–H and O–H groups in total. The molecular formula is C27H19ClN2O5. The number of carboxylic acid groups (broad SMARTS) is 1. The zero-order valence-corrected chi connectivity index (χ0v) is 19.3. The Bertz CT molecular complexity index is 1420. The number of nitrogens with zero attached hydrogens (tertiary/aromatic N) is 2. The van der Waals surface area contributed by atoms with Gasteiger partial charge in [0.1, 0.15) is 17.4 Å². The summed E-state index contributed by atoms with van der Waals surface area (Å²) in [7, 11) is 1.42. The first-order valence-electron chi connectivity index (χ1n) is 10.5. The van der Waals surface area contributed by atoms with Gasteiger partial charge in [0, 0.05) is 17.3 Å². The Balaban J connectivity index is 1.78. The van der Waals surface area contributed by atoms with Gasteiger partial charge in [-0.2, -0.15) is 5.26 Å². The lowest BCUT2D eigenvalue weighted by molar-refractivity contribution is -0.139. The molecule has 0 radical (unpaired) electrons. The third-order valence-electron chi connectivity index (χ3n) is 5.02. The molecule has 174 valence electrons. The van der Waals surface area contributed by atoms with E-state index in [1.807, 2.05) is 60.7 Å². The van der Waals surface area contributed by atoms with Gasteiger partial charge in [-0.15, -0.1) is 0 Å². The number of nitriles is 1. The Morgan fingerprint density at radius 2 is 1.77 bits per heavy atom. The first-order valence-corrected chi connectivity index (χ1v) is 10.8. The Kier molecular flexibility index (Phi) is 7.15. The van der Waals surface area contributed by atoms with E-state index in [1.54, 1.807) is 12.1 Å². The smallest absolute Gasteiger partial charge is 0.341 e. The highest BCUT2D eigenvalue weighted by Gasteiger charge is 2.22. The van der Waals surface area contributed by atoms with E-state index in [-0.39, 0.29) is 22.4 Å². The molecule has 0 spiro atoms. The highest BCUT2D eigenvalue weighted by atomic mass is 35.5. The summed E-state index contributed by atoms with van der Waals surface area (Å²) in [6.45, 7) is -0.564. The molecule has 0 unspecified atom stereocenters. The Morgan fingerprint density at radius 3 is 2.37 bits per heavy atom. The third-order valence-corrected chi connectivity index (χ3v) is 5.30. The summed E-state index contributed by atoms with van der Waals surface area (Å²) in [5, 5.41) is 19.0. The predicted molar refractivity (Wildman–Crippen MR) is 133 cm³/mol. The summed E-state index contributed by atoms with van der Waals surface area (Å²) in [5.74, 6) is -0.101. The van der Waals surface area contributed by atoms with Crippen LogP contribution in [0.25, 0.3) is 22.5 Å². The van der Waals surface area contributed by atoms with E-state index in [9.17, 15) is 10.1 Å². The maximum absolute atomic E-state index is 10.8. The molecule has 1 aromatic heterocycles. The molecule has 7 nitrogen and oxygen atoms in total. The molecule has 0 amide bonds. The number of carbonyl (C=O) groups is 1. The van der Waals surface area contributed by atoms with E-state index < -0.39 is 12.6 Å². The molecule has 1 heterocycles. The van der Waals surface area contributed by atoms with Crippen LogP contribution in [-0.4, -0.2) is 31.0 Å². The number of benzene rings is 3. The normalized spacial score (nSPS) is 10.8. The first kappa shape index (κ1) is 23.6. The molecule has 35 heavy (non-hydrogen) atoms. The van der Waals surface area contributed by atoms with Crippen molar-refractivity contribution in [2.24, 2.45) is 4.99 Å². The second-order valence-electron chi connectivity index (χ2n) is 7.30. The van der Waals surface area contributed by atoms with E-state index in [1.165, 1.54) is 13.3 Å². The van der Waals surface area contributed by atoms with E-state index in [2.05, 4.69) is 11.1 Å². The number of rotatable bonds is 8. The van der Waals surface area contributed by atoms with E-state index >= 15 is 0 Å². The second kappa shape index (κ2) is 10.6. The molecule has 4 aromatic rings. The van der Waals surface area contributed by atoms with Gasteiger partial charge in [-0.05, 0) is 23.3 Å². The number of hydrogen-bond donors (Lipinski definition) is 1. The number of carboxylic acids is 1. The van der Waals surface area contributed by atoms with Crippen molar-refractivity contribution in [2.75, 3.05) is 13.7 Å². The number of ether oxygens (including phenoxy) is 2. The van der Waals surface area contributed by atoms with Crippen molar-refractivity contribution >= 4 is 29.7 Å². The molecule has 0 fully saturated rings. The van der Waals surface area contributed by atoms with Gasteiger partial charge in [0.15, 0.2) is 18.1 Å². The van der Waals surface area contributed by atoms with Crippen molar-refractivity contribution in [3.05, 3.63) is 88.9 Å². The minimum Gasteiger partial charge on any atom is -0.493 e. The average molecular weight is 487 g/mol. The molecular weight excluding hydrogens is 468 g/mol. The second-order valence-corrected chi connectivity index (χ2v) is 7.71. The van der Waals surface area contributed by atoms with E-state index in [4.69, 9.17) is 30.6 Å². The minimum absolute atomic E-state index is 0.113. The van der Waals surface area contributed by atoms with Crippen LogP contribution in [0.15, 0.2) is 82.2 Å². The SMILES string of the molecule is COc1cc(/C=N/c2oc(-c3ccccc3)c(-c3ccccc3)c2C#N)cc(Cl)c1OCC(=O)O. The topological polar surface area (TPSA) is 105 Å². The zero-order chi connectivity index (χ0) is 24.8. The van der Waals surface area contributed by atoms with Gasteiger partial charge in [0.05, 0.1) is 12.1 Å². The predicted octanol–water partition coefficient (Wildman–Crippen LogP) is 6.36. The van der Waals surface area contributed by atoms with Crippen molar-refractivity contribution in [2.45, 2.75) is 0 Å². The summed E-state index contributed by atoms with van der Waals surface area (Å²) in [4.78, 5) is 15.3. The van der Waals surface area contributed by atoms with Crippen LogP contribution in [0, 0.1) is 11.3 Å². The van der Waals surface area contributed by atoms with Crippen molar-refractivity contribution in [1.29, 1.82) is 5.26 Å². The Hall–Kier alpha value is -4.54. The van der Waals surface area contributed by atoms with Crippen LogP contribution in [0.1, 0.15) is 11.1 Å². The van der Waals surface area contributed by atoms with Gasteiger partial charge in [-0.1, -0.05) is 72.3 Å². The molecule has 3 aromatic carbocycles. The summed E-state index contributed by atoms with van der Waals surface area (Å²) in [6.07, 6.45) is 1.48. The van der Waals surface area contributed by atoms with Crippen LogP contribution < -0.4 is 9.47 Å². The van der Waals surface area contributed by atoms with E-state index in [0.29, 0.717) is 22.5 Å². The molecule has 0 atom stereocenters. The highest BCUT2D eigenvalue weighted by Crippen LogP contribution is 2.42. The van der Waals surface area contributed by atoms with Crippen LogP contribution in [-0.2, 0) is 4.79 Å². The third kappa shape index (κ3) is 5.18. The average Bonchev–Trinajstić information content (AvgIpc) is 3.26. The van der Waals surface area contributed by atoms with Crippen LogP contribution in [0.3, 0.4) is 0 Å². The van der Waals surface area contributed by atoms with Crippen molar-refractivity contribution < 1.29 is 23.8 Å². The van der Waals surface area contributed by atoms with Gasteiger partial charge in [0.25, 0.3) is 0 Å². The summed E-state index contributed by atoms with van der Waals surface area (Å²) in [5.41, 5.74) is 3.13. The standard InChI is InChI=1S/C27H19ClN2O5/c1-33-22-13-17(12-21(28)26(22)34-16-23(31)32)15-30-27-20(14-29)24(18-8-4-2-5-9-18)25(35-27)19-10-6-3-7-11-19/h2-13,15H,16H2,1H3,(H,31,32)/b30-15+. The molecule has 0 aliphatic heterocycles. The fraction of sp³-hybridized carbons (Fsp3) is 0.0741.